The molecule has 3 nitrogen and oxygen atoms in total. The minimum atomic E-state index is -4.42. The van der Waals surface area contributed by atoms with Gasteiger partial charge in [0.25, 0.3) is 0 Å². The third kappa shape index (κ3) is 3.14. The van der Waals surface area contributed by atoms with Gasteiger partial charge in [-0.05, 0) is 24.6 Å². The van der Waals surface area contributed by atoms with Crippen molar-refractivity contribution in [3.05, 3.63) is 29.3 Å². The summed E-state index contributed by atoms with van der Waals surface area (Å²) in [5.41, 5.74) is 5.05. The van der Waals surface area contributed by atoms with Gasteiger partial charge >= 0.3 is 6.18 Å². The largest absolute Gasteiger partial charge is 0.416 e. The standard InChI is InChI=1S/C12H17F3N2O/c1-8(7-18)17(2)10-4-3-9(6-16)11(5-10)12(13,14)15/h3-5,8,18H,6-7,16H2,1-2H3. The highest BCUT2D eigenvalue weighted by Crippen LogP contribution is 2.34. The lowest BCUT2D eigenvalue weighted by Crippen LogP contribution is -2.32. The number of nitrogens with zero attached hydrogens (tertiary/aromatic N) is 1. The average Bonchev–Trinajstić information content (AvgIpc) is 2.35. The molecule has 0 amide bonds. The molecule has 0 aliphatic carbocycles. The van der Waals surface area contributed by atoms with Gasteiger partial charge in [-0.1, -0.05) is 6.07 Å². The summed E-state index contributed by atoms with van der Waals surface area (Å²) < 4.78 is 38.5. The zero-order valence-corrected chi connectivity index (χ0v) is 10.3. The van der Waals surface area contributed by atoms with Gasteiger partial charge in [0.1, 0.15) is 0 Å². The summed E-state index contributed by atoms with van der Waals surface area (Å²) in [6.45, 7) is 1.44. The Hall–Kier alpha value is -1.27. The fourth-order valence-electron chi connectivity index (χ4n) is 1.60. The van der Waals surface area contributed by atoms with Crippen molar-refractivity contribution in [2.75, 3.05) is 18.6 Å². The summed E-state index contributed by atoms with van der Waals surface area (Å²) in [5, 5.41) is 9.01. The molecule has 0 bridgehead atoms. The van der Waals surface area contributed by atoms with Crippen LogP contribution in [0, 0.1) is 0 Å². The normalized spacial score (nSPS) is 13.5. The molecular weight excluding hydrogens is 245 g/mol. The maximum absolute atomic E-state index is 12.8. The summed E-state index contributed by atoms with van der Waals surface area (Å²) in [6, 6.07) is 3.76. The Morgan fingerprint density at radius 1 is 1.39 bits per heavy atom. The first-order valence-electron chi connectivity index (χ1n) is 5.55. The van der Waals surface area contributed by atoms with E-state index in [1.807, 2.05) is 0 Å². The molecule has 0 spiro atoms. The van der Waals surface area contributed by atoms with Gasteiger partial charge in [0.2, 0.25) is 0 Å². The van der Waals surface area contributed by atoms with Crippen LogP contribution in [-0.4, -0.2) is 24.8 Å². The first-order valence-corrected chi connectivity index (χ1v) is 5.55. The van der Waals surface area contributed by atoms with E-state index in [1.54, 1.807) is 24.9 Å². The van der Waals surface area contributed by atoms with Crippen LogP contribution in [0.5, 0.6) is 0 Å². The van der Waals surface area contributed by atoms with Crippen molar-refractivity contribution < 1.29 is 18.3 Å². The number of nitrogens with two attached hydrogens (primary N) is 1. The summed E-state index contributed by atoms with van der Waals surface area (Å²) in [5.74, 6) is 0. The van der Waals surface area contributed by atoms with Crippen molar-refractivity contribution in [1.29, 1.82) is 0 Å². The van der Waals surface area contributed by atoms with Crippen LogP contribution < -0.4 is 10.6 Å². The van der Waals surface area contributed by atoms with Gasteiger partial charge in [-0.2, -0.15) is 13.2 Å². The lowest BCUT2D eigenvalue weighted by atomic mass is 10.1. The van der Waals surface area contributed by atoms with Crippen LogP contribution in [0.2, 0.25) is 0 Å². The highest BCUT2D eigenvalue weighted by Gasteiger charge is 2.33. The monoisotopic (exact) mass is 262 g/mol. The fourth-order valence-corrected chi connectivity index (χ4v) is 1.60. The molecule has 6 heteroatoms. The molecule has 3 N–H and O–H groups in total. The van der Waals surface area contributed by atoms with Gasteiger partial charge in [-0.15, -0.1) is 0 Å². The van der Waals surface area contributed by atoms with Crippen LogP contribution in [0.1, 0.15) is 18.1 Å². The van der Waals surface area contributed by atoms with E-state index in [1.165, 1.54) is 6.07 Å². The predicted octanol–water partition coefficient (Wildman–Crippen LogP) is 1.98. The summed E-state index contributed by atoms with van der Waals surface area (Å²) in [6.07, 6.45) is -4.42. The Morgan fingerprint density at radius 3 is 2.44 bits per heavy atom. The van der Waals surface area contributed by atoms with E-state index >= 15 is 0 Å². The minimum absolute atomic E-state index is 0.0660. The fraction of sp³-hybridized carbons (Fsp3) is 0.500. The zero-order valence-electron chi connectivity index (χ0n) is 10.3. The van der Waals surface area contributed by atoms with Gasteiger partial charge in [0, 0.05) is 25.3 Å². The lowest BCUT2D eigenvalue weighted by Gasteiger charge is -2.26. The molecule has 18 heavy (non-hydrogen) atoms. The summed E-state index contributed by atoms with van der Waals surface area (Å²) >= 11 is 0. The molecule has 1 aromatic carbocycles. The molecule has 1 atom stereocenters. The average molecular weight is 262 g/mol. The van der Waals surface area contributed by atoms with Gasteiger partial charge in [-0.25, -0.2) is 0 Å². The molecule has 1 aromatic rings. The van der Waals surface area contributed by atoms with E-state index in [0.29, 0.717) is 5.69 Å². The first-order chi connectivity index (χ1) is 8.31. The molecule has 0 aliphatic heterocycles. The molecule has 0 aromatic heterocycles. The molecule has 0 aliphatic rings. The molecule has 0 saturated heterocycles. The van der Waals surface area contributed by atoms with Crippen molar-refractivity contribution >= 4 is 5.69 Å². The minimum Gasteiger partial charge on any atom is -0.394 e. The Labute approximate surface area is 104 Å². The molecule has 0 radical (unpaired) electrons. The van der Waals surface area contributed by atoms with Crippen LogP contribution in [0.25, 0.3) is 0 Å². The highest BCUT2D eigenvalue weighted by molar-refractivity contribution is 5.52. The van der Waals surface area contributed by atoms with Crippen molar-refractivity contribution in [3.8, 4) is 0 Å². The quantitative estimate of drug-likeness (QED) is 0.872. The Balaban J connectivity index is 3.18. The van der Waals surface area contributed by atoms with Crippen LogP contribution >= 0.6 is 0 Å². The van der Waals surface area contributed by atoms with Crippen molar-refractivity contribution in [3.63, 3.8) is 0 Å². The van der Waals surface area contributed by atoms with E-state index in [4.69, 9.17) is 10.8 Å². The van der Waals surface area contributed by atoms with Crippen LogP contribution in [0.4, 0.5) is 18.9 Å². The van der Waals surface area contributed by atoms with Crippen molar-refractivity contribution in [2.45, 2.75) is 25.7 Å². The van der Waals surface area contributed by atoms with Crippen molar-refractivity contribution in [1.82, 2.24) is 0 Å². The number of hydrogen-bond donors (Lipinski definition) is 2. The van der Waals surface area contributed by atoms with Gasteiger partial charge in [0.05, 0.1) is 12.2 Å². The molecule has 0 heterocycles. The first kappa shape index (κ1) is 14.8. The maximum Gasteiger partial charge on any atom is 0.416 e. The smallest absolute Gasteiger partial charge is 0.394 e. The van der Waals surface area contributed by atoms with E-state index in [9.17, 15) is 13.2 Å². The number of alkyl halides is 3. The van der Waals surface area contributed by atoms with Crippen LogP contribution in [-0.2, 0) is 12.7 Å². The number of anilines is 1. The number of rotatable bonds is 4. The van der Waals surface area contributed by atoms with Crippen LogP contribution in [0.15, 0.2) is 18.2 Å². The van der Waals surface area contributed by atoms with E-state index in [2.05, 4.69) is 0 Å². The lowest BCUT2D eigenvalue weighted by molar-refractivity contribution is -0.138. The van der Waals surface area contributed by atoms with Crippen molar-refractivity contribution in [2.24, 2.45) is 5.73 Å². The van der Waals surface area contributed by atoms with E-state index in [0.717, 1.165) is 6.07 Å². The van der Waals surface area contributed by atoms with Gasteiger partial charge in [0.15, 0.2) is 0 Å². The molecule has 102 valence electrons. The Kier molecular flexibility index (Phi) is 4.59. The predicted molar refractivity (Wildman–Crippen MR) is 64.3 cm³/mol. The third-order valence-corrected chi connectivity index (χ3v) is 2.95. The number of aliphatic hydroxyl groups is 1. The van der Waals surface area contributed by atoms with Crippen LogP contribution in [0.3, 0.4) is 0 Å². The SMILES string of the molecule is CC(CO)N(C)c1ccc(CN)c(C(F)(F)F)c1. The molecule has 0 fully saturated rings. The maximum atomic E-state index is 12.8. The van der Waals surface area contributed by atoms with Gasteiger partial charge in [-0.3, -0.25) is 0 Å². The number of benzene rings is 1. The van der Waals surface area contributed by atoms with E-state index < -0.39 is 11.7 Å². The molecular formula is C12H17F3N2O. The summed E-state index contributed by atoms with van der Waals surface area (Å²) in [7, 11) is 1.64. The Bertz CT molecular complexity index is 407. The van der Waals surface area contributed by atoms with Gasteiger partial charge < -0.3 is 15.7 Å². The molecule has 1 rings (SSSR count). The second kappa shape index (κ2) is 5.58. The highest BCUT2D eigenvalue weighted by atomic mass is 19.4. The Morgan fingerprint density at radius 2 is 2.00 bits per heavy atom. The number of halogens is 3. The summed E-state index contributed by atoms with van der Waals surface area (Å²) in [4.78, 5) is 1.59. The topological polar surface area (TPSA) is 49.5 Å². The number of likely N-dealkylation sites (N-methyl/N-ethyl adjacent to an activating group) is 1. The second-order valence-corrected chi connectivity index (χ2v) is 4.19. The second-order valence-electron chi connectivity index (χ2n) is 4.19. The zero-order chi connectivity index (χ0) is 13.9. The number of hydrogen-bond acceptors (Lipinski definition) is 3. The molecule has 0 saturated carbocycles. The van der Waals surface area contributed by atoms with E-state index in [-0.39, 0.29) is 24.8 Å². The number of aliphatic hydroxyl groups excluding tert-OH is 1. The third-order valence-electron chi connectivity index (χ3n) is 2.95. The molecule has 1 unspecified atom stereocenters.